The summed E-state index contributed by atoms with van der Waals surface area (Å²) < 4.78 is 5.65. The number of amides is 1. The van der Waals surface area contributed by atoms with Gasteiger partial charge in [0.1, 0.15) is 5.76 Å². The van der Waals surface area contributed by atoms with Gasteiger partial charge < -0.3 is 9.73 Å². The van der Waals surface area contributed by atoms with Crippen LogP contribution in [0.4, 0.5) is 5.69 Å². The Bertz CT molecular complexity index is 851. The average molecular weight is 320 g/mol. The van der Waals surface area contributed by atoms with Gasteiger partial charge in [0.25, 0.3) is 5.91 Å². The Kier molecular flexibility index (Phi) is 4.47. The van der Waals surface area contributed by atoms with Crippen molar-refractivity contribution in [3.63, 3.8) is 0 Å². The van der Waals surface area contributed by atoms with Gasteiger partial charge in [-0.2, -0.15) is 0 Å². The average Bonchev–Trinajstić information content (AvgIpc) is 2.98. The van der Waals surface area contributed by atoms with Crippen molar-refractivity contribution in [2.45, 2.75) is 26.7 Å². The molecule has 2 aromatic carbocycles. The second kappa shape index (κ2) is 6.71. The van der Waals surface area contributed by atoms with E-state index in [-0.39, 0.29) is 5.91 Å². The van der Waals surface area contributed by atoms with Gasteiger partial charge in [0.15, 0.2) is 5.69 Å². The molecule has 1 heterocycles. The number of aryl methyl sites for hydroxylation is 1. The Morgan fingerprint density at radius 2 is 1.83 bits per heavy atom. The number of oxazole rings is 1. The van der Waals surface area contributed by atoms with Crippen molar-refractivity contribution in [3.8, 4) is 11.5 Å². The first-order valence-corrected chi connectivity index (χ1v) is 7.99. The molecular formula is C20H20N2O2. The van der Waals surface area contributed by atoms with Crippen LogP contribution in [-0.4, -0.2) is 10.9 Å². The van der Waals surface area contributed by atoms with Gasteiger partial charge in [-0.1, -0.05) is 44.2 Å². The maximum Gasteiger partial charge on any atom is 0.277 e. The maximum absolute atomic E-state index is 12.5. The lowest BCUT2D eigenvalue weighted by Gasteiger charge is -2.08. The zero-order valence-electron chi connectivity index (χ0n) is 14.0. The minimum absolute atomic E-state index is 0.265. The summed E-state index contributed by atoms with van der Waals surface area (Å²) in [6, 6.07) is 17.4. The molecule has 24 heavy (non-hydrogen) atoms. The third-order valence-electron chi connectivity index (χ3n) is 3.84. The van der Waals surface area contributed by atoms with Gasteiger partial charge in [-0.05, 0) is 42.7 Å². The SMILES string of the molecule is Cc1oc(-c2ccccc2)nc1C(=O)Nc1cccc(C(C)C)c1. The van der Waals surface area contributed by atoms with E-state index in [1.807, 2.05) is 48.5 Å². The number of carbonyl (C=O) groups is 1. The molecule has 3 rings (SSSR count). The molecule has 1 aromatic heterocycles. The third-order valence-corrected chi connectivity index (χ3v) is 3.84. The predicted molar refractivity (Wildman–Crippen MR) is 95.2 cm³/mol. The first-order valence-electron chi connectivity index (χ1n) is 7.99. The van der Waals surface area contributed by atoms with Crippen LogP contribution in [-0.2, 0) is 0 Å². The van der Waals surface area contributed by atoms with Crippen LogP contribution in [0.1, 0.15) is 41.6 Å². The monoisotopic (exact) mass is 320 g/mol. The summed E-state index contributed by atoms with van der Waals surface area (Å²) in [5, 5.41) is 2.90. The highest BCUT2D eigenvalue weighted by molar-refractivity contribution is 6.03. The quantitative estimate of drug-likeness (QED) is 0.734. The molecule has 0 saturated carbocycles. The van der Waals surface area contributed by atoms with Crippen LogP contribution in [0.25, 0.3) is 11.5 Å². The highest BCUT2D eigenvalue weighted by Gasteiger charge is 2.18. The first-order chi connectivity index (χ1) is 11.5. The van der Waals surface area contributed by atoms with Crippen LogP contribution in [0.15, 0.2) is 59.0 Å². The number of nitrogens with one attached hydrogen (secondary N) is 1. The number of nitrogens with zero attached hydrogens (tertiary/aromatic N) is 1. The molecule has 0 fully saturated rings. The van der Waals surface area contributed by atoms with Crippen molar-refractivity contribution < 1.29 is 9.21 Å². The largest absolute Gasteiger partial charge is 0.441 e. The summed E-state index contributed by atoms with van der Waals surface area (Å²) in [5.74, 6) is 1.10. The van der Waals surface area contributed by atoms with Crippen LogP contribution in [0.3, 0.4) is 0 Å². The molecule has 0 radical (unpaired) electrons. The van der Waals surface area contributed by atoms with E-state index in [2.05, 4.69) is 30.2 Å². The molecule has 0 bridgehead atoms. The van der Waals surface area contributed by atoms with E-state index in [1.54, 1.807) is 6.92 Å². The van der Waals surface area contributed by atoms with E-state index >= 15 is 0 Å². The topological polar surface area (TPSA) is 55.1 Å². The molecule has 0 unspecified atom stereocenters. The summed E-state index contributed by atoms with van der Waals surface area (Å²) in [7, 11) is 0. The van der Waals surface area contributed by atoms with E-state index in [0.29, 0.717) is 23.3 Å². The predicted octanol–water partition coefficient (Wildman–Crippen LogP) is 5.03. The number of anilines is 1. The number of hydrogen-bond acceptors (Lipinski definition) is 3. The Morgan fingerprint density at radius 1 is 1.08 bits per heavy atom. The maximum atomic E-state index is 12.5. The number of benzene rings is 2. The summed E-state index contributed by atoms with van der Waals surface area (Å²) in [6.45, 7) is 5.99. The first kappa shape index (κ1) is 16.0. The second-order valence-corrected chi connectivity index (χ2v) is 6.02. The van der Waals surface area contributed by atoms with Crippen molar-refractivity contribution in [1.29, 1.82) is 0 Å². The lowest BCUT2D eigenvalue weighted by atomic mass is 10.0. The van der Waals surface area contributed by atoms with Crippen LogP contribution in [0.2, 0.25) is 0 Å². The molecule has 0 spiro atoms. The Morgan fingerprint density at radius 3 is 2.54 bits per heavy atom. The lowest BCUT2D eigenvalue weighted by Crippen LogP contribution is -2.13. The number of hydrogen-bond donors (Lipinski definition) is 1. The van der Waals surface area contributed by atoms with Crippen LogP contribution < -0.4 is 5.32 Å². The van der Waals surface area contributed by atoms with Crippen molar-refractivity contribution in [1.82, 2.24) is 4.98 Å². The fourth-order valence-corrected chi connectivity index (χ4v) is 2.48. The summed E-state index contributed by atoms with van der Waals surface area (Å²) in [5.41, 5.74) is 3.09. The van der Waals surface area contributed by atoms with Crippen LogP contribution in [0.5, 0.6) is 0 Å². The number of rotatable bonds is 4. The number of carbonyl (C=O) groups excluding carboxylic acids is 1. The molecule has 0 aliphatic rings. The molecule has 0 aliphatic heterocycles. The van der Waals surface area contributed by atoms with Gasteiger partial charge in [0.05, 0.1) is 0 Å². The third kappa shape index (κ3) is 3.38. The standard InChI is InChI=1S/C20H20N2O2/c1-13(2)16-10-7-11-17(12-16)21-19(23)18-14(3)24-20(22-18)15-8-5-4-6-9-15/h4-13H,1-3H3,(H,21,23). The van der Waals surface area contributed by atoms with E-state index in [4.69, 9.17) is 4.42 Å². The molecule has 0 atom stereocenters. The molecule has 4 nitrogen and oxygen atoms in total. The van der Waals surface area contributed by atoms with E-state index < -0.39 is 0 Å². The van der Waals surface area contributed by atoms with Crippen LogP contribution >= 0.6 is 0 Å². The summed E-state index contributed by atoms with van der Waals surface area (Å²) in [6.07, 6.45) is 0. The van der Waals surface area contributed by atoms with Gasteiger partial charge in [-0.3, -0.25) is 4.79 Å². The van der Waals surface area contributed by atoms with Gasteiger partial charge in [0.2, 0.25) is 5.89 Å². The molecule has 122 valence electrons. The minimum Gasteiger partial charge on any atom is -0.441 e. The highest BCUT2D eigenvalue weighted by atomic mass is 16.4. The number of aromatic nitrogens is 1. The fourth-order valence-electron chi connectivity index (χ4n) is 2.48. The van der Waals surface area contributed by atoms with Gasteiger partial charge >= 0.3 is 0 Å². The molecule has 3 aromatic rings. The summed E-state index contributed by atoms with van der Waals surface area (Å²) >= 11 is 0. The molecule has 1 N–H and O–H groups in total. The molecule has 4 heteroatoms. The molecule has 0 saturated heterocycles. The lowest BCUT2D eigenvalue weighted by molar-refractivity contribution is 0.102. The fraction of sp³-hybridized carbons (Fsp3) is 0.200. The van der Waals surface area contributed by atoms with E-state index in [9.17, 15) is 4.79 Å². The highest BCUT2D eigenvalue weighted by Crippen LogP contribution is 2.23. The smallest absolute Gasteiger partial charge is 0.277 e. The van der Waals surface area contributed by atoms with Crippen molar-refractivity contribution in [3.05, 3.63) is 71.6 Å². The van der Waals surface area contributed by atoms with Crippen molar-refractivity contribution >= 4 is 11.6 Å². The van der Waals surface area contributed by atoms with Gasteiger partial charge in [-0.25, -0.2) is 4.98 Å². The van der Waals surface area contributed by atoms with Crippen molar-refractivity contribution in [2.75, 3.05) is 5.32 Å². The Hall–Kier alpha value is -2.88. The van der Waals surface area contributed by atoms with Gasteiger partial charge in [0, 0.05) is 11.3 Å². The minimum atomic E-state index is -0.265. The van der Waals surface area contributed by atoms with Gasteiger partial charge in [-0.15, -0.1) is 0 Å². The Labute approximate surface area is 141 Å². The van der Waals surface area contributed by atoms with E-state index in [0.717, 1.165) is 11.3 Å². The second-order valence-electron chi connectivity index (χ2n) is 6.02. The molecule has 0 aliphatic carbocycles. The van der Waals surface area contributed by atoms with Crippen molar-refractivity contribution in [2.24, 2.45) is 0 Å². The normalized spacial score (nSPS) is 10.8. The zero-order valence-corrected chi connectivity index (χ0v) is 14.0. The van der Waals surface area contributed by atoms with Crippen LogP contribution in [0, 0.1) is 6.92 Å². The molecule has 1 amide bonds. The summed E-state index contributed by atoms with van der Waals surface area (Å²) in [4.78, 5) is 16.9. The zero-order chi connectivity index (χ0) is 17.1. The molecular weight excluding hydrogens is 300 g/mol. The van der Waals surface area contributed by atoms with E-state index in [1.165, 1.54) is 5.56 Å². The Balaban J connectivity index is 1.83.